The molecule has 10 aromatic rings. The van der Waals surface area contributed by atoms with E-state index in [-0.39, 0.29) is 0 Å². The molecule has 0 N–H and O–H groups in total. The molecule has 0 amide bonds. The SMILES string of the molecule is c1ccc(-n2c3ccccc3c3ccc(-c4ccc(-c5cccc(N(c6ccc7ccccc7c6)c6cccc7ccccc67)c5)cc4)cc32)cc1. The van der Waals surface area contributed by atoms with Crippen LogP contribution >= 0.6 is 0 Å². The van der Waals surface area contributed by atoms with Crippen LogP contribution in [-0.2, 0) is 0 Å². The highest BCUT2D eigenvalue weighted by molar-refractivity contribution is 6.10. The minimum absolute atomic E-state index is 1.12. The number of para-hydroxylation sites is 2. The first-order valence-electron chi connectivity index (χ1n) is 17.8. The molecule has 1 aromatic heterocycles. The molecule has 2 nitrogen and oxygen atoms in total. The first-order chi connectivity index (χ1) is 25.8. The third kappa shape index (κ3) is 5.12. The van der Waals surface area contributed by atoms with Crippen molar-refractivity contribution in [2.75, 3.05) is 4.90 Å². The molecule has 2 heteroatoms. The van der Waals surface area contributed by atoms with Gasteiger partial charge < -0.3 is 9.47 Å². The van der Waals surface area contributed by atoms with E-state index in [1.807, 2.05) is 0 Å². The molecule has 0 aliphatic heterocycles. The smallest absolute Gasteiger partial charge is 0.0547 e. The van der Waals surface area contributed by atoms with E-state index in [9.17, 15) is 0 Å². The Bertz CT molecular complexity index is 2900. The number of fused-ring (bicyclic) bond motifs is 5. The largest absolute Gasteiger partial charge is 0.310 e. The van der Waals surface area contributed by atoms with E-state index in [1.54, 1.807) is 0 Å². The number of benzene rings is 9. The Morgan fingerprint density at radius 1 is 0.308 bits per heavy atom. The van der Waals surface area contributed by atoms with Gasteiger partial charge in [0.15, 0.2) is 0 Å². The molecular weight excluding hydrogens is 629 g/mol. The summed E-state index contributed by atoms with van der Waals surface area (Å²) in [5.41, 5.74) is 11.8. The summed E-state index contributed by atoms with van der Waals surface area (Å²) in [6.45, 7) is 0. The lowest BCUT2D eigenvalue weighted by atomic mass is 9.98. The van der Waals surface area contributed by atoms with Crippen molar-refractivity contribution in [3.05, 3.63) is 206 Å². The fourth-order valence-electron chi connectivity index (χ4n) is 7.83. The average Bonchev–Trinajstić information content (AvgIpc) is 3.55. The predicted molar refractivity (Wildman–Crippen MR) is 221 cm³/mol. The van der Waals surface area contributed by atoms with Crippen LogP contribution in [0.5, 0.6) is 0 Å². The highest BCUT2D eigenvalue weighted by Crippen LogP contribution is 2.41. The van der Waals surface area contributed by atoms with Gasteiger partial charge in [-0.25, -0.2) is 0 Å². The lowest BCUT2D eigenvalue weighted by Crippen LogP contribution is -2.10. The molecule has 0 aliphatic rings. The van der Waals surface area contributed by atoms with Gasteiger partial charge in [0.25, 0.3) is 0 Å². The third-order valence-corrected chi connectivity index (χ3v) is 10.3. The van der Waals surface area contributed by atoms with Crippen molar-refractivity contribution in [1.29, 1.82) is 0 Å². The monoisotopic (exact) mass is 662 g/mol. The second-order valence-electron chi connectivity index (χ2n) is 13.4. The van der Waals surface area contributed by atoms with Gasteiger partial charge in [0.05, 0.1) is 16.7 Å². The van der Waals surface area contributed by atoms with Crippen LogP contribution in [0.1, 0.15) is 0 Å². The number of rotatable bonds is 6. The van der Waals surface area contributed by atoms with Crippen LogP contribution in [0.15, 0.2) is 206 Å². The Balaban J connectivity index is 1.05. The summed E-state index contributed by atoms with van der Waals surface area (Å²) in [5.74, 6) is 0. The van der Waals surface area contributed by atoms with Gasteiger partial charge in [-0.15, -0.1) is 0 Å². The summed E-state index contributed by atoms with van der Waals surface area (Å²) in [7, 11) is 0. The van der Waals surface area contributed by atoms with Crippen molar-refractivity contribution < 1.29 is 0 Å². The lowest BCUT2D eigenvalue weighted by molar-refractivity contribution is 1.18. The molecule has 244 valence electrons. The van der Waals surface area contributed by atoms with E-state index < -0.39 is 0 Å². The van der Waals surface area contributed by atoms with Crippen molar-refractivity contribution in [3.63, 3.8) is 0 Å². The van der Waals surface area contributed by atoms with Crippen molar-refractivity contribution in [1.82, 2.24) is 4.57 Å². The quantitative estimate of drug-likeness (QED) is 0.172. The van der Waals surface area contributed by atoms with Gasteiger partial charge in [0, 0.05) is 33.2 Å². The van der Waals surface area contributed by atoms with Gasteiger partial charge in [-0.3, -0.25) is 0 Å². The maximum absolute atomic E-state index is 2.40. The van der Waals surface area contributed by atoms with Crippen molar-refractivity contribution in [3.8, 4) is 27.9 Å². The van der Waals surface area contributed by atoms with Gasteiger partial charge >= 0.3 is 0 Å². The van der Waals surface area contributed by atoms with Crippen LogP contribution in [0.3, 0.4) is 0 Å². The van der Waals surface area contributed by atoms with Crippen LogP contribution in [0.25, 0.3) is 71.3 Å². The third-order valence-electron chi connectivity index (χ3n) is 10.3. The van der Waals surface area contributed by atoms with Crippen LogP contribution < -0.4 is 4.90 Å². The van der Waals surface area contributed by atoms with E-state index >= 15 is 0 Å². The Morgan fingerprint density at radius 3 is 1.73 bits per heavy atom. The van der Waals surface area contributed by atoms with E-state index in [0.29, 0.717) is 0 Å². The summed E-state index contributed by atoms with van der Waals surface area (Å²) in [5, 5.41) is 7.43. The van der Waals surface area contributed by atoms with Crippen LogP contribution in [-0.4, -0.2) is 4.57 Å². The molecule has 1 heterocycles. The number of anilines is 3. The van der Waals surface area contributed by atoms with E-state index in [1.165, 1.54) is 71.3 Å². The van der Waals surface area contributed by atoms with Crippen LogP contribution in [0.2, 0.25) is 0 Å². The number of hydrogen-bond acceptors (Lipinski definition) is 1. The van der Waals surface area contributed by atoms with Gasteiger partial charge in [-0.05, 0) is 93.0 Å². The molecular formula is C50H34N2. The maximum Gasteiger partial charge on any atom is 0.0547 e. The lowest BCUT2D eigenvalue weighted by Gasteiger charge is -2.27. The molecule has 0 atom stereocenters. The molecule has 0 unspecified atom stereocenters. The van der Waals surface area contributed by atoms with E-state index in [4.69, 9.17) is 0 Å². The number of aromatic nitrogens is 1. The average molecular weight is 663 g/mol. The standard InChI is InChI=1S/C50H34N2/c1-2-17-42(18-3-1)52-49-22-9-8-21-46(49)47-31-29-41(34-50(47)52)37-26-24-36(25-27-37)40-16-10-19-43(32-40)51(44-30-28-35-12-4-5-14-39(35)33-44)48-23-11-15-38-13-6-7-20-45(38)48/h1-34H. The van der Waals surface area contributed by atoms with Gasteiger partial charge in [-0.1, -0.05) is 152 Å². The first-order valence-corrected chi connectivity index (χ1v) is 17.8. The van der Waals surface area contributed by atoms with Crippen molar-refractivity contribution in [2.45, 2.75) is 0 Å². The minimum Gasteiger partial charge on any atom is -0.310 e. The topological polar surface area (TPSA) is 8.17 Å². The molecule has 0 saturated carbocycles. The summed E-state index contributed by atoms with van der Waals surface area (Å²) in [6, 6.07) is 74.7. The molecule has 0 radical (unpaired) electrons. The Morgan fingerprint density at radius 2 is 0.904 bits per heavy atom. The molecule has 9 aromatic carbocycles. The summed E-state index contributed by atoms with van der Waals surface area (Å²) < 4.78 is 2.38. The highest BCUT2D eigenvalue weighted by Gasteiger charge is 2.17. The summed E-state index contributed by atoms with van der Waals surface area (Å²) in [4.78, 5) is 2.40. The normalized spacial score (nSPS) is 11.5. The summed E-state index contributed by atoms with van der Waals surface area (Å²) >= 11 is 0. The maximum atomic E-state index is 2.40. The summed E-state index contributed by atoms with van der Waals surface area (Å²) in [6.07, 6.45) is 0. The first kappa shape index (κ1) is 30.0. The van der Waals surface area contributed by atoms with Gasteiger partial charge in [0.1, 0.15) is 0 Å². The van der Waals surface area contributed by atoms with Crippen molar-refractivity contribution in [2.24, 2.45) is 0 Å². The Hall–Kier alpha value is -6.90. The van der Waals surface area contributed by atoms with Gasteiger partial charge in [-0.2, -0.15) is 0 Å². The van der Waals surface area contributed by atoms with Crippen molar-refractivity contribution >= 4 is 60.4 Å². The zero-order valence-electron chi connectivity index (χ0n) is 28.5. The molecule has 0 saturated heterocycles. The molecule has 0 bridgehead atoms. The molecule has 0 aliphatic carbocycles. The molecule has 0 fully saturated rings. The zero-order chi connectivity index (χ0) is 34.4. The van der Waals surface area contributed by atoms with Crippen LogP contribution in [0, 0.1) is 0 Å². The predicted octanol–water partition coefficient (Wildman–Crippen LogP) is 13.9. The highest BCUT2D eigenvalue weighted by atomic mass is 15.1. The fourth-order valence-corrected chi connectivity index (χ4v) is 7.83. The number of hydrogen-bond donors (Lipinski definition) is 0. The Labute approximate surface area is 303 Å². The Kier molecular flexibility index (Phi) is 7.18. The molecule has 10 rings (SSSR count). The van der Waals surface area contributed by atoms with E-state index in [2.05, 4.69) is 216 Å². The number of nitrogens with zero attached hydrogens (tertiary/aromatic N) is 2. The second kappa shape index (κ2) is 12.5. The van der Waals surface area contributed by atoms with Gasteiger partial charge in [0.2, 0.25) is 0 Å². The zero-order valence-corrected chi connectivity index (χ0v) is 28.5. The second-order valence-corrected chi connectivity index (χ2v) is 13.4. The van der Waals surface area contributed by atoms with E-state index in [0.717, 1.165) is 17.1 Å². The minimum atomic E-state index is 1.12. The molecule has 0 spiro atoms. The molecule has 52 heavy (non-hydrogen) atoms. The fraction of sp³-hybridized carbons (Fsp3) is 0. The van der Waals surface area contributed by atoms with Crippen LogP contribution in [0.4, 0.5) is 17.1 Å².